The van der Waals surface area contributed by atoms with Crippen LogP contribution in [0.25, 0.3) is 0 Å². The summed E-state index contributed by atoms with van der Waals surface area (Å²) in [6, 6.07) is 0. The molecule has 0 bridgehead atoms. The van der Waals surface area contributed by atoms with Gasteiger partial charge in [0, 0.05) is 19.0 Å². The number of rotatable bonds is 2. The summed E-state index contributed by atoms with van der Waals surface area (Å²) in [5.74, 6) is 4.63. The van der Waals surface area contributed by atoms with Crippen molar-refractivity contribution >= 4 is 15.9 Å². The van der Waals surface area contributed by atoms with Gasteiger partial charge in [-0.15, -0.1) is 0 Å². The van der Waals surface area contributed by atoms with Crippen molar-refractivity contribution in [2.45, 2.75) is 12.8 Å². The van der Waals surface area contributed by atoms with E-state index in [9.17, 15) is 13.2 Å². The van der Waals surface area contributed by atoms with Gasteiger partial charge in [-0.25, -0.2) is 18.6 Å². The number of piperidine rings is 1. The molecule has 1 heterocycles. The van der Waals surface area contributed by atoms with E-state index in [4.69, 9.17) is 5.84 Å². The van der Waals surface area contributed by atoms with E-state index in [2.05, 4.69) is 5.43 Å². The standard InChI is InChI=1S/C7H15N3O3S/c1-14(12,13)10-4-2-6(3-5-10)7(11)9-8/h6H,2-5,8H2,1H3,(H,9,11). The van der Waals surface area contributed by atoms with Crippen LogP contribution in [0, 0.1) is 5.92 Å². The second kappa shape index (κ2) is 4.24. The third-order valence-corrected chi connectivity index (χ3v) is 3.74. The maximum Gasteiger partial charge on any atom is 0.237 e. The second-order valence-corrected chi connectivity index (χ2v) is 5.43. The minimum Gasteiger partial charge on any atom is -0.294 e. The van der Waals surface area contributed by atoms with Crippen molar-refractivity contribution in [1.29, 1.82) is 0 Å². The van der Waals surface area contributed by atoms with Gasteiger partial charge in [-0.05, 0) is 12.8 Å². The normalized spacial score (nSPS) is 20.7. The molecule has 0 radical (unpaired) electrons. The van der Waals surface area contributed by atoms with Crippen LogP contribution in [0.1, 0.15) is 12.8 Å². The highest BCUT2D eigenvalue weighted by atomic mass is 32.2. The smallest absolute Gasteiger partial charge is 0.237 e. The molecule has 6 nitrogen and oxygen atoms in total. The number of amides is 1. The Kier molecular flexibility index (Phi) is 3.46. The van der Waals surface area contributed by atoms with Crippen molar-refractivity contribution < 1.29 is 13.2 Å². The molecule has 1 aliphatic heterocycles. The lowest BCUT2D eigenvalue weighted by Crippen LogP contribution is -2.44. The van der Waals surface area contributed by atoms with E-state index in [1.54, 1.807) is 0 Å². The highest BCUT2D eigenvalue weighted by molar-refractivity contribution is 7.88. The van der Waals surface area contributed by atoms with Gasteiger partial charge in [-0.1, -0.05) is 0 Å². The van der Waals surface area contributed by atoms with Gasteiger partial charge in [0.1, 0.15) is 0 Å². The predicted octanol–water partition coefficient (Wildman–Crippen LogP) is -1.35. The van der Waals surface area contributed by atoms with Crippen molar-refractivity contribution in [2.75, 3.05) is 19.3 Å². The second-order valence-electron chi connectivity index (χ2n) is 3.44. The van der Waals surface area contributed by atoms with E-state index in [0.717, 1.165) is 0 Å². The number of carbonyl (C=O) groups is 1. The molecule has 82 valence electrons. The highest BCUT2D eigenvalue weighted by Gasteiger charge is 2.28. The number of nitrogens with one attached hydrogen (secondary N) is 1. The molecule has 0 aromatic heterocycles. The maximum atomic E-state index is 11.1. The molecule has 0 atom stereocenters. The average molecular weight is 221 g/mol. The van der Waals surface area contributed by atoms with Gasteiger partial charge in [0.25, 0.3) is 0 Å². The predicted molar refractivity (Wildman–Crippen MR) is 51.5 cm³/mol. The Morgan fingerprint density at radius 2 is 1.93 bits per heavy atom. The monoisotopic (exact) mass is 221 g/mol. The SMILES string of the molecule is CS(=O)(=O)N1CCC(C(=O)NN)CC1. The number of nitrogens with two attached hydrogens (primary N) is 1. The minimum absolute atomic E-state index is 0.155. The molecule has 0 saturated carbocycles. The molecule has 1 saturated heterocycles. The molecule has 1 aliphatic rings. The Labute approximate surface area is 83.5 Å². The fourth-order valence-electron chi connectivity index (χ4n) is 1.57. The molecule has 0 aromatic rings. The average Bonchev–Trinajstić information content (AvgIpc) is 2.15. The van der Waals surface area contributed by atoms with Gasteiger partial charge in [-0.2, -0.15) is 0 Å². The number of hydrogen-bond donors (Lipinski definition) is 2. The molecular formula is C7H15N3O3S. The quantitative estimate of drug-likeness (QED) is 0.342. The fourth-order valence-corrected chi connectivity index (χ4v) is 2.44. The molecule has 14 heavy (non-hydrogen) atoms. The fraction of sp³-hybridized carbons (Fsp3) is 0.857. The van der Waals surface area contributed by atoms with Crippen LogP contribution in [-0.2, 0) is 14.8 Å². The molecule has 1 amide bonds. The van der Waals surface area contributed by atoms with Crippen LogP contribution in [-0.4, -0.2) is 38.0 Å². The third-order valence-electron chi connectivity index (χ3n) is 2.44. The Morgan fingerprint density at radius 1 is 1.43 bits per heavy atom. The van der Waals surface area contributed by atoms with Gasteiger partial charge in [0.05, 0.1) is 6.26 Å². The maximum absolute atomic E-state index is 11.1. The Balaban J connectivity index is 2.51. The first-order valence-corrected chi connectivity index (χ1v) is 6.25. The van der Waals surface area contributed by atoms with E-state index in [0.29, 0.717) is 25.9 Å². The van der Waals surface area contributed by atoms with Gasteiger partial charge in [-0.3, -0.25) is 10.2 Å². The molecule has 0 aromatic carbocycles. The molecule has 1 fully saturated rings. The van der Waals surface area contributed by atoms with E-state index in [-0.39, 0.29) is 11.8 Å². The zero-order valence-corrected chi connectivity index (χ0v) is 8.88. The zero-order chi connectivity index (χ0) is 10.8. The van der Waals surface area contributed by atoms with E-state index in [1.165, 1.54) is 10.6 Å². The van der Waals surface area contributed by atoms with Gasteiger partial charge < -0.3 is 0 Å². The summed E-state index contributed by atoms with van der Waals surface area (Å²) < 4.78 is 23.6. The van der Waals surface area contributed by atoms with E-state index in [1.807, 2.05) is 0 Å². The zero-order valence-electron chi connectivity index (χ0n) is 8.06. The lowest BCUT2D eigenvalue weighted by molar-refractivity contribution is -0.126. The van der Waals surface area contributed by atoms with Crippen molar-refractivity contribution in [1.82, 2.24) is 9.73 Å². The van der Waals surface area contributed by atoms with Crippen molar-refractivity contribution in [3.63, 3.8) is 0 Å². The Bertz CT molecular complexity index is 306. The lowest BCUT2D eigenvalue weighted by Gasteiger charge is -2.28. The highest BCUT2D eigenvalue weighted by Crippen LogP contribution is 2.18. The number of carbonyl (C=O) groups excluding carboxylic acids is 1. The molecular weight excluding hydrogens is 206 g/mol. The first kappa shape index (κ1) is 11.4. The van der Waals surface area contributed by atoms with Crippen LogP contribution in [0.15, 0.2) is 0 Å². The van der Waals surface area contributed by atoms with E-state index < -0.39 is 10.0 Å². The number of hydrogen-bond acceptors (Lipinski definition) is 4. The summed E-state index contributed by atoms with van der Waals surface area (Å²) in [5.41, 5.74) is 2.08. The van der Waals surface area contributed by atoms with Crippen molar-refractivity contribution in [3.8, 4) is 0 Å². The number of hydrazine groups is 1. The summed E-state index contributed by atoms with van der Waals surface area (Å²) in [7, 11) is -3.11. The summed E-state index contributed by atoms with van der Waals surface area (Å²) in [6.45, 7) is 0.799. The lowest BCUT2D eigenvalue weighted by atomic mass is 9.98. The van der Waals surface area contributed by atoms with Crippen molar-refractivity contribution in [3.05, 3.63) is 0 Å². The van der Waals surface area contributed by atoms with Gasteiger partial charge in [0.15, 0.2) is 0 Å². The number of nitrogens with zero attached hydrogens (tertiary/aromatic N) is 1. The summed E-state index contributed by atoms with van der Waals surface area (Å²) in [6.07, 6.45) is 2.25. The first-order valence-electron chi connectivity index (χ1n) is 4.40. The van der Waals surface area contributed by atoms with Crippen LogP contribution < -0.4 is 11.3 Å². The molecule has 7 heteroatoms. The molecule has 0 aliphatic carbocycles. The third kappa shape index (κ3) is 2.66. The van der Waals surface area contributed by atoms with Crippen LogP contribution in [0.3, 0.4) is 0 Å². The first-order chi connectivity index (χ1) is 6.45. The van der Waals surface area contributed by atoms with Crippen LogP contribution in [0.2, 0.25) is 0 Å². The molecule has 3 N–H and O–H groups in total. The molecule has 0 spiro atoms. The largest absolute Gasteiger partial charge is 0.294 e. The summed E-state index contributed by atoms with van der Waals surface area (Å²) >= 11 is 0. The summed E-state index contributed by atoms with van der Waals surface area (Å²) in [5, 5.41) is 0. The van der Waals surface area contributed by atoms with Gasteiger partial charge in [0.2, 0.25) is 15.9 Å². The van der Waals surface area contributed by atoms with Crippen molar-refractivity contribution in [2.24, 2.45) is 11.8 Å². The number of sulfonamides is 1. The molecule has 0 unspecified atom stereocenters. The van der Waals surface area contributed by atoms with E-state index >= 15 is 0 Å². The topological polar surface area (TPSA) is 92.5 Å². The Hall–Kier alpha value is -0.660. The Morgan fingerprint density at radius 3 is 2.29 bits per heavy atom. The van der Waals surface area contributed by atoms with Crippen LogP contribution in [0.4, 0.5) is 0 Å². The summed E-state index contributed by atoms with van der Waals surface area (Å²) in [4.78, 5) is 11.1. The van der Waals surface area contributed by atoms with Gasteiger partial charge >= 0.3 is 0 Å². The van der Waals surface area contributed by atoms with Crippen LogP contribution >= 0.6 is 0 Å². The molecule has 1 rings (SSSR count). The van der Waals surface area contributed by atoms with Crippen LogP contribution in [0.5, 0.6) is 0 Å². The minimum atomic E-state index is -3.11.